The van der Waals surface area contributed by atoms with Gasteiger partial charge in [-0.1, -0.05) is 19.9 Å². The molecule has 1 aromatic carbocycles. The summed E-state index contributed by atoms with van der Waals surface area (Å²) >= 11 is 0. The molecule has 2 rings (SSSR count). The van der Waals surface area contributed by atoms with Crippen LogP contribution in [0.1, 0.15) is 43.1 Å². The minimum Gasteiger partial charge on any atom is -0.459 e. The molecular formula is C15H21NO. The monoisotopic (exact) mass is 231 g/mol. The maximum Gasteiger partial charge on any atom is 0.134 e. The zero-order valence-electron chi connectivity index (χ0n) is 11.1. The van der Waals surface area contributed by atoms with Gasteiger partial charge in [-0.3, -0.25) is 0 Å². The summed E-state index contributed by atoms with van der Waals surface area (Å²) in [4.78, 5) is 0. The van der Waals surface area contributed by atoms with Gasteiger partial charge in [-0.2, -0.15) is 0 Å². The van der Waals surface area contributed by atoms with Crippen molar-refractivity contribution in [1.82, 2.24) is 5.32 Å². The van der Waals surface area contributed by atoms with Crippen molar-refractivity contribution in [3.63, 3.8) is 0 Å². The van der Waals surface area contributed by atoms with Crippen molar-refractivity contribution in [3.05, 3.63) is 35.1 Å². The molecule has 0 fully saturated rings. The second kappa shape index (κ2) is 4.92. The highest BCUT2D eigenvalue weighted by Gasteiger charge is 2.11. The second-order valence-electron chi connectivity index (χ2n) is 4.75. The Kier molecular flexibility index (Phi) is 3.53. The number of hydrogen-bond acceptors (Lipinski definition) is 2. The molecule has 0 saturated heterocycles. The van der Waals surface area contributed by atoms with Crippen LogP contribution in [0.5, 0.6) is 0 Å². The van der Waals surface area contributed by atoms with Gasteiger partial charge in [0.25, 0.3) is 0 Å². The largest absolute Gasteiger partial charge is 0.459 e. The first kappa shape index (κ1) is 12.2. The van der Waals surface area contributed by atoms with E-state index in [2.05, 4.69) is 44.3 Å². The van der Waals surface area contributed by atoms with Crippen LogP contribution in [0.2, 0.25) is 0 Å². The Labute approximate surface area is 103 Å². The number of furan rings is 1. The highest BCUT2D eigenvalue weighted by atomic mass is 16.3. The predicted molar refractivity (Wildman–Crippen MR) is 72.4 cm³/mol. The number of aryl methyl sites for hydroxylation is 1. The Morgan fingerprint density at radius 1 is 1.35 bits per heavy atom. The van der Waals surface area contributed by atoms with Gasteiger partial charge < -0.3 is 9.73 Å². The van der Waals surface area contributed by atoms with E-state index in [4.69, 9.17) is 4.42 Å². The maximum atomic E-state index is 5.85. The van der Waals surface area contributed by atoms with E-state index in [1.54, 1.807) is 0 Å². The predicted octanol–water partition coefficient (Wildman–Crippen LogP) is 3.97. The Bertz CT molecular complexity index is 513. The molecule has 0 radical (unpaired) electrons. The molecule has 1 unspecified atom stereocenters. The minimum atomic E-state index is 0.612. The summed E-state index contributed by atoms with van der Waals surface area (Å²) in [5.74, 6) is 1.66. The smallest absolute Gasteiger partial charge is 0.134 e. The van der Waals surface area contributed by atoms with Crippen molar-refractivity contribution in [2.24, 2.45) is 0 Å². The van der Waals surface area contributed by atoms with E-state index in [1.165, 1.54) is 22.9 Å². The third kappa shape index (κ3) is 2.22. The second-order valence-corrected chi connectivity index (χ2v) is 4.75. The molecule has 1 aromatic heterocycles. The first-order chi connectivity index (χ1) is 8.17. The van der Waals surface area contributed by atoms with E-state index in [9.17, 15) is 0 Å². The zero-order chi connectivity index (χ0) is 12.4. The Morgan fingerprint density at radius 3 is 2.76 bits per heavy atom. The lowest BCUT2D eigenvalue weighted by Crippen LogP contribution is -2.04. The van der Waals surface area contributed by atoms with Crippen molar-refractivity contribution in [2.45, 2.75) is 39.7 Å². The van der Waals surface area contributed by atoms with Crippen LogP contribution in [-0.2, 0) is 6.54 Å². The van der Waals surface area contributed by atoms with Gasteiger partial charge in [0.15, 0.2) is 0 Å². The van der Waals surface area contributed by atoms with Crippen molar-refractivity contribution >= 4 is 11.0 Å². The molecule has 0 bridgehead atoms. The van der Waals surface area contributed by atoms with Crippen LogP contribution >= 0.6 is 0 Å². The summed E-state index contributed by atoms with van der Waals surface area (Å²) in [7, 11) is 1.94. The van der Waals surface area contributed by atoms with E-state index < -0.39 is 0 Å². The highest BCUT2D eigenvalue weighted by Crippen LogP contribution is 2.29. The maximum absolute atomic E-state index is 5.85. The highest BCUT2D eigenvalue weighted by molar-refractivity contribution is 5.82. The van der Waals surface area contributed by atoms with Gasteiger partial charge in [-0.05, 0) is 49.6 Å². The lowest BCUT2D eigenvalue weighted by atomic mass is 9.97. The number of fused-ring (bicyclic) bond motifs is 1. The van der Waals surface area contributed by atoms with Crippen LogP contribution in [0.25, 0.3) is 11.0 Å². The van der Waals surface area contributed by atoms with Gasteiger partial charge in [0, 0.05) is 5.39 Å². The van der Waals surface area contributed by atoms with Gasteiger partial charge in [-0.25, -0.2) is 0 Å². The third-order valence-electron chi connectivity index (χ3n) is 3.58. The normalized spacial score (nSPS) is 13.2. The van der Waals surface area contributed by atoms with Crippen molar-refractivity contribution in [1.29, 1.82) is 0 Å². The van der Waals surface area contributed by atoms with Crippen LogP contribution in [0.3, 0.4) is 0 Å². The summed E-state index contributed by atoms with van der Waals surface area (Å²) in [5, 5.41) is 4.40. The molecule has 2 aromatic rings. The molecule has 0 spiro atoms. The molecule has 2 heteroatoms. The topological polar surface area (TPSA) is 25.2 Å². The molecule has 1 atom stereocenters. The van der Waals surface area contributed by atoms with Crippen LogP contribution in [-0.4, -0.2) is 7.05 Å². The molecule has 0 amide bonds. The summed E-state index contributed by atoms with van der Waals surface area (Å²) in [6.07, 6.45) is 1.17. The zero-order valence-corrected chi connectivity index (χ0v) is 11.1. The number of hydrogen-bond donors (Lipinski definition) is 1. The molecule has 0 aliphatic rings. The van der Waals surface area contributed by atoms with Crippen LogP contribution in [0.4, 0.5) is 0 Å². The van der Waals surface area contributed by atoms with Crippen LogP contribution in [0, 0.1) is 6.92 Å². The van der Waals surface area contributed by atoms with Gasteiger partial charge in [0.2, 0.25) is 0 Å². The Balaban J connectivity index is 2.49. The van der Waals surface area contributed by atoms with E-state index in [0.717, 1.165) is 17.9 Å². The fraction of sp³-hybridized carbons (Fsp3) is 0.467. The summed E-state index contributed by atoms with van der Waals surface area (Å²) in [6.45, 7) is 7.42. The standard InChI is InChI=1S/C15H21NO/c1-5-10(2)12-6-7-14-13(8-12)11(3)15(17-14)9-16-4/h6-8,10,16H,5,9H2,1-4H3. The van der Waals surface area contributed by atoms with Crippen molar-refractivity contribution < 1.29 is 4.42 Å². The van der Waals surface area contributed by atoms with Gasteiger partial charge in [-0.15, -0.1) is 0 Å². The Hall–Kier alpha value is -1.28. The molecule has 0 saturated carbocycles. The van der Waals surface area contributed by atoms with Gasteiger partial charge >= 0.3 is 0 Å². The number of nitrogens with one attached hydrogen (secondary N) is 1. The molecular weight excluding hydrogens is 210 g/mol. The quantitative estimate of drug-likeness (QED) is 0.861. The first-order valence-electron chi connectivity index (χ1n) is 6.33. The molecule has 2 nitrogen and oxygen atoms in total. The molecule has 17 heavy (non-hydrogen) atoms. The summed E-state index contributed by atoms with van der Waals surface area (Å²) in [6, 6.07) is 6.56. The third-order valence-corrected chi connectivity index (χ3v) is 3.58. The number of benzene rings is 1. The molecule has 1 heterocycles. The average Bonchev–Trinajstić information content (AvgIpc) is 2.66. The van der Waals surface area contributed by atoms with Crippen molar-refractivity contribution in [2.75, 3.05) is 7.05 Å². The van der Waals surface area contributed by atoms with E-state index in [1.807, 2.05) is 7.05 Å². The molecule has 0 aliphatic heterocycles. The fourth-order valence-corrected chi connectivity index (χ4v) is 2.16. The first-order valence-corrected chi connectivity index (χ1v) is 6.33. The lowest BCUT2D eigenvalue weighted by Gasteiger charge is -2.08. The van der Waals surface area contributed by atoms with Crippen molar-refractivity contribution in [3.8, 4) is 0 Å². The lowest BCUT2D eigenvalue weighted by molar-refractivity contribution is 0.527. The SMILES string of the molecule is CCC(C)c1ccc2oc(CNC)c(C)c2c1. The van der Waals surface area contributed by atoms with Crippen LogP contribution in [0.15, 0.2) is 22.6 Å². The molecule has 0 aliphatic carbocycles. The minimum absolute atomic E-state index is 0.612. The summed E-state index contributed by atoms with van der Waals surface area (Å²) in [5.41, 5.74) is 3.67. The van der Waals surface area contributed by atoms with Gasteiger partial charge in [0.1, 0.15) is 11.3 Å². The number of rotatable bonds is 4. The fourth-order valence-electron chi connectivity index (χ4n) is 2.16. The molecule has 92 valence electrons. The summed E-state index contributed by atoms with van der Waals surface area (Å²) < 4.78 is 5.85. The van der Waals surface area contributed by atoms with Gasteiger partial charge in [0.05, 0.1) is 6.54 Å². The van der Waals surface area contributed by atoms with E-state index in [-0.39, 0.29) is 0 Å². The van der Waals surface area contributed by atoms with E-state index in [0.29, 0.717) is 5.92 Å². The molecule has 1 N–H and O–H groups in total. The average molecular weight is 231 g/mol. The van der Waals surface area contributed by atoms with E-state index >= 15 is 0 Å². The Morgan fingerprint density at radius 2 is 2.12 bits per heavy atom. The van der Waals surface area contributed by atoms with Crippen LogP contribution < -0.4 is 5.32 Å².